The van der Waals surface area contributed by atoms with E-state index in [-0.39, 0.29) is 5.91 Å². The van der Waals surface area contributed by atoms with Crippen molar-refractivity contribution in [3.05, 3.63) is 89.7 Å². The molecule has 0 aliphatic heterocycles. The first-order chi connectivity index (χ1) is 17.5. The van der Waals surface area contributed by atoms with Gasteiger partial charge in [0.05, 0.1) is 24.8 Å². The second-order valence-corrected chi connectivity index (χ2v) is 9.19. The second kappa shape index (κ2) is 12.2. The number of ether oxygens (including phenoxy) is 2. The Morgan fingerprint density at radius 3 is 2.56 bits per heavy atom. The van der Waals surface area contributed by atoms with Crippen molar-refractivity contribution in [2.45, 2.75) is 45.6 Å². The van der Waals surface area contributed by atoms with Crippen LogP contribution in [0.3, 0.4) is 0 Å². The lowest BCUT2D eigenvalue weighted by Gasteiger charge is -2.12. The zero-order chi connectivity index (χ0) is 25.3. The number of para-hydroxylation sites is 2. The molecule has 0 radical (unpaired) electrons. The van der Waals surface area contributed by atoms with Gasteiger partial charge < -0.3 is 19.4 Å². The number of methoxy groups -OCH3 is 1. The molecular formula is C30H35N3O3. The number of fused-ring (bicyclic) bond motifs is 1. The summed E-state index contributed by atoms with van der Waals surface area (Å²) in [6.07, 6.45) is 2.47. The molecule has 0 fully saturated rings. The van der Waals surface area contributed by atoms with Gasteiger partial charge in [0.2, 0.25) is 0 Å². The molecule has 4 rings (SSSR count). The molecule has 0 bridgehead atoms. The van der Waals surface area contributed by atoms with E-state index < -0.39 is 0 Å². The molecule has 3 aromatic carbocycles. The van der Waals surface area contributed by atoms with E-state index >= 15 is 0 Å². The van der Waals surface area contributed by atoms with Crippen molar-refractivity contribution in [1.29, 1.82) is 0 Å². The van der Waals surface area contributed by atoms with Crippen LogP contribution in [0.4, 0.5) is 0 Å². The number of nitrogens with zero attached hydrogens (tertiary/aromatic N) is 2. The molecule has 0 aliphatic carbocycles. The minimum absolute atomic E-state index is 0.0963. The Bertz CT molecular complexity index is 1280. The van der Waals surface area contributed by atoms with Gasteiger partial charge >= 0.3 is 0 Å². The molecule has 6 nitrogen and oxygen atoms in total. The predicted octanol–water partition coefficient (Wildman–Crippen LogP) is 6.00. The zero-order valence-corrected chi connectivity index (χ0v) is 21.4. The first kappa shape index (κ1) is 25.3. The molecule has 1 N–H and O–H groups in total. The van der Waals surface area contributed by atoms with Crippen LogP contribution in [0, 0.1) is 0 Å². The SMILES string of the molecule is COc1cccc(C(=O)NCCCc2nc3ccccc3n2CCCOc2ccc(C(C)C)cc2)c1. The van der Waals surface area contributed by atoms with Crippen LogP contribution in [0.5, 0.6) is 11.5 Å². The molecule has 1 aromatic heterocycles. The number of aryl methyl sites for hydroxylation is 2. The number of imidazole rings is 1. The summed E-state index contributed by atoms with van der Waals surface area (Å²) in [5.41, 5.74) is 4.05. The molecular weight excluding hydrogens is 450 g/mol. The average molecular weight is 486 g/mol. The number of aromatic nitrogens is 2. The molecule has 36 heavy (non-hydrogen) atoms. The number of carbonyl (C=O) groups excluding carboxylic acids is 1. The summed E-state index contributed by atoms with van der Waals surface area (Å²) in [6, 6.07) is 23.8. The number of nitrogens with one attached hydrogen (secondary N) is 1. The van der Waals surface area contributed by atoms with E-state index in [9.17, 15) is 4.79 Å². The molecule has 0 saturated heterocycles. The minimum Gasteiger partial charge on any atom is -0.497 e. The van der Waals surface area contributed by atoms with Crippen LogP contribution in [0.25, 0.3) is 11.0 Å². The zero-order valence-electron chi connectivity index (χ0n) is 21.4. The molecule has 188 valence electrons. The predicted molar refractivity (Wildman–Crippen MR) is 144 cm³/mol. The first-order valence-corrected chi connectivity index (χ1v) is 12.6. The first-order valence-electron chi connectivity index (χ1n) is 12.6. The number of hydrogen-bond donors (Lipinski definition) is 1. The van der Waals surface area contributed by atoms with E-state index in [2.05, 4.69) is 41.9 Å². The number of hydrogen-bond acceptors (Lipinski definition) is 4. The Kier molecular flexibility index (Phi) is 8.61. The number of benzene rings is 3. The van der Waals surface area contributed by atoms with Crippen LogP contribution in [-0.4, -0.2) is 35.7 Å². The summed E-state index contributed by atoms with van der Waals surface area (Å²) in [7, 11) is 1.60. The normalized spacial score (nSPS) is 11.1. The maximum Gasteiger partial charge on any atom is 0.251 e. The highest BCUT2D eigenvalue weighted by molar-refractivity contribution is 5.94. The van der Waals surface area contributed by atoms with Crippen LogP contribution in [0.15, 0.2) is 72.8 Å². The van der Waals surface area contributed by atoms with Crippen molar-refractivity contribution < 1.29 is 14.3 Å². The van der Waals surface area contributed by atoms with Crippen molar-refractivity contribution in [1.82, 2.24) is 14.9 Å². The van der Waals surface area contributed by atoms with Crippen LogP contribution in [0.1, 0.15) is 54.4 Å². The smallest absolute Gasteiger partial charge is 0.251 e. The van der Waals surface area contributed by atoms with E-state index in [1.165, 1.54) is 5.56 Å². The van der Waals surface area contributed by atoms with Crippen LogP contribution < -0.4 is 14.8 Å². The van der Waals surface area contributed by atoms with Crippen molar-refractivity contribution in [3.8, 4) is 11.5 Å². The van der Waals surface area contributed by atoms with Crippen molar-refractivity contribution in [2.75, 3.05) is 20.3 Å². The number of amides is 1. The van der Waals surface area contributed by atoms with Crippen LogP contribution in [-0.2, 0) is 13.0 Å². The fourth-order valence-corrected chi connectivity index (χ4v) is 4.24. The fourth-order valence-electron chi connectivity index (χ4n) is 4.24. The van der Waals surface area contributed by atoms with Gasteiger partial charge in [-0.2, -0.15) is 0 Å². The molecule has 0 saturated carbocycles. The van der Waals surface area contributed by atoms with E-state index in [4.69, 9.17) is 14.5 Å². The van der Waals surface area contributed by atoms with Gasteiger partial charge in [-0.3, -0.25) is 4.79 Å². The third-order valence-corrected chi connectivity index (χ3v) is 6.27. The van der Waals surface area contributed by atoms with E-state index in [1.54, 1.807) is 19.2 Å². The Hall–Kier alpha value is -3.80. The average Bonchev–Trinajstić information content (AvgIpc) is 3.26. The maximum absolute atomic E-state index is 12.5. The Morgan fingerprint density at radius 1 is 0.972 bits per heavy atom. The summed E-state index contributed by atoms with van der Waals surface area (Å²) < 4.78 is 13.5. The summed E-state index contributed by atoms with van der Waals surface area (Å²) in [4.78, 5) is 17.3. The minimum atomic E-state index is -0.0963. The molecule has 4 aromatic rings. The number of rotatable bonds is 12. The van der Waals surface area contributed by atoms with Gasteiger partial charge in [0.25, 0.3) is 5.91 Å². The van der Waals surface area contributed by atoms with Crippen molar-refractivity contribution in [2.24, 2.45) is 0 Å². The highest BCUT2D eigenvalue weighted by Gasteiger charge is 2.11. The van der Waals surface area contributed by atoms with Gasteiger partial charge in [-0.05, 0) is 66.8 Å². The monoisotopic (exact) mass is 485 g/mol. The third-order valence-electron chi connectivity index (χ3n) is 6.27. The Morgan fingerprint density at radius 2 is 1.78 bits per heavy atom. The van der Waals surface area contributed by atoms with Gasteiger partial charge in [-0.25, -0.2) is 4.98 Å². The standard InChI is InChI=1S/C30H35N3O3/c1-22(2)23-14-16-25(17-15-23)36-20-8-19-33-28-12-5-4-11-27(28)32-29(33)13-7-18-31-30(34)24-9-6-10-26(21-24)35-3/h4-6,9-12,14-17,21-22H,7-8,13,18-20H2,1-3H3,(H,31,34). The molecule has 0 aliphatic rings. The van der Waals surface area contributed by atoms with E-state index in [0.29, 0.717) is 30.4 Å². The van der Waals surface area contributed by atoms with Crippen LogP contribution >= 0.6 is 0 Å². The summed E-state index contributed by atoms with van der Waals surface area (Å²) >= 11 is 0. The summed E-state index contributed by atoms with van der Waals surface area (Å²) in [5, 5.41) is 3.00. The molecule has 6 heteroatoms. The van der Waals surface area contributed by atoms with Gasteiger partial charge in [-0.15, -0.1) is 0 Å². The van der Waals surface area contributed by atoms with E-state index in [0.717, 1.165) is 48.4 Å². The fraction of sp³-hybridized carbons (Fsp3) is 0.333. The highest BCUT2D eigenvalue weighted by atomic mass is 16.5. The maximum atomic E-state index is 12.5. The van der Waals surface area contributed by atoms with Gasteiger partial charge in [0.15, 0.2) is 0 Å². The van der Waals surface area contributed by atoms with Gasteiger partial charge in [0.1, 0.15) is 17.3 Å². The lowest BCUT2D eigenvalue weighted by atomic mass is 10.0. The van der Waals surface area contributed by atoms with Gasteiger partial charge in [0, 0.05) is 25.1 Å². The van der Waals surface area contributed by atoms with Gasteiger partial charge in [-0.1, -0.05) is 44.2 Å². The Labute approximate surface area is 213 Å². The summed E-state index contributed by atoms with van der Waals surface area (Å²) in [5.74, 6) is 3.03. The van der Waals surface area contributed by atoms with Crippen LogP contribution in [0.2, 0.25) is 0 Å². The third kappa shape index (κ3) is 6.45. The largest absolute Gasteiger partial charge is 0.497 e. The lowest BCUT2D eigenvalue weighted by Crippen LogP contribution is -2.25. The number of carbonyl (C=O) groups is 1. The van der Waals surface area contributed by atoms with E-state index in [1.807, 2.05) is 42.5 Å². The van der Waals surface area contributed by atoms with Crippen molar-refractivity contribution >= 4 is 16.9 Å². The highest BCUT2D eigenvalue weighted by Crippen LogP contribution is 2.20. The molecule has 0 atom stereocenters. The van der Waals surface area contributed by atoms with Crippen molar-refractivity contribution in [3.63, 3.8) is 0 Å². The summed E-state index contributed by atoms with van der Waals surface area (Å²) in [6.45, 7) is 6.43. The quantitative estimate of drug-likeness (QED) is 0.250. The molecule has 0 spiro atoms. The molecule has 0 unspecified atom stereocenters. The topological polar surface area (TPSA) is 65.4 Å². The molecule has 1 amide bonds. The Balaban J connectivity index is 1.31. The lowest BCUT2D eigenvalue weighted by molar-refractivity contribution is 0.0952. The molecule has 1 heterocycles. The second-order valence-electron chi connectivity index (χ2n) is 9.19.